The fraction of sp³-hybridized carbons (Fsp3) is 0.312. The summed E-state index contributed by atoms with van der Waals surface area (Å²) < 4.78 is 12.1. The summed E-state index contributed by atoms with van der Waals surface area (Å²) in [6.45, 7) is 4.24. The van der Waals surface area contributed by atoms with Crippen LogP contribution in [0.15, 0.2) is 34.8 Å². The van der Waals surface area contributed by atoms with E-state index in [4.69, 9.17) is 15.2 Å². The van der Waals surface area contributed by atoms with Crippen LogP contribution in [0.1, 0.15) is 29.9 Å². The fourth-order valence-electron chi connectivity index (χ4n) is 2.05. The van der Waals surface area contributed by atoms with Crippen LogP contribution in [0.2, 0.25) is 0 Å². The van der Waals surface area contributed by atoms with Crippen molar-refractivity contribution in [1.82, 2.24) is 4.98 Å². The van der Waals surface area contributed by atoms with Crippen molar-refractivity contribution in [1.29, 1.82) is 0 Å². The molecule has 0 spiro atoms. The molecule has 2 N–H and O–H groups in total. The van der Waals surface area contributed by atoms with Crippen LogP contribution in [0.3, 0.4) is 0 Å². The van der Waals surface area contributed by atoms with Crippen molar-refractivity contribution in [2.24, 2.45) is 5.73 Å². The van der Waals surface area contributed by atoms with Gasteiger partial charge in [-0.05, 0) is 32.0 Å². The Kier molecular flexibility index (Phi) is 5.20. The Morgan fingerprint density at radius 1 is 1.29 bits per heavy atom. The van der Waals surface area contributed by atoms with Gasteiger partial charge in [-0.25, -0.2) is 0 Å². The van der Waals surface area contributed by atoms with E-state index >= 15 is 0 Å². The molecule has 5 heteroatoms. The van der Waals surface area contributed by atoms with Gasteiger partial charge in [0.2, 0.25) is 0 Å². The molecule has 112 valence electrons. The number of nitrogens with zero attached hydrogens (tertiary/aromatic N) is 1. The smallest absolute Gasteiger partial charge is 0.130 e. The van der Waals surface area contributed by atoms with Gasteiger partial charge < -0.3 is 15.2 Å². The number of pyridine rings is 1. The van der Waals surface area contributed by atoms with Gasteiger partial charge in [0.1, 0.15) is 18.1 Å². The molecular weight excluding hydrogens is 332 g/mol. The number of rotatable bonds is 5. The Bertz CT molecular complexity index is 630. The molecule has 0 aliphatic heterocycles. The van der Waals surface area contributed by atoms with Crippen molar-refractivity contribution in [3.63, 3.8) is 0 Å². The zero-order valence-corrected chi connectivity index (χ0v) is 14.0. The van der Waals surface area contributed by atoms with Crippen LogP contribution in [0.4, 0.5) is 0 Å². The van der Waals surface area contributed by atoms with Crippen LogP contribution in [0.25, 0.3) is 0 Å². The normalized spacial score (nSPS) is 12.0. The predicted molar refractivity (Wildman–Crippen MR) is 86.6 cm³/mol. The Labute approximate surface area is 133 Å². The zero-order valence-electron chi connectivity index (χ0n) is 12.4. The lowest BCUT2D eigenvalue weighted by Gasteiger charge is -2.14. The molecule has 0 saturated carbocycles. The van der Waals surface area contributed by atoms with Crippen molar-refractivity contribution in [2.45, 2.75) is 26.5 Å². The highest BCUT2D eigenvalue weighted by Gasteiger charge is 2.10. The minimum Gasteiger partial charge on any atom is -0.497 e. The Hall–Kier alpha value is -1.59. The van der Waals surface area contributed by atoms with Gasteiger partial charge in [-0.1, -0.05) is 15.9 Å². The number of methoxy groups -OCH3 is 1. The lowest BCUT2D eigenvalue weighted by atomic mass is 10.1. The first-order chi connectivity index (χ1) is 9.99. The molecular formula is C16H19BrN2O2. The maximum atomic E-state index is 5.99. The first-order valence-corrected chi connectivity index (χ1v) is 7.48. The van der Waals surface area contributed by atoms with Crippen LogP contribution < -0.4 is 15.2 Å². The van der Waals surface area contributed by atoms with Crippen molar-refractivity contribution >= 4 is 15.9 Å². The molecule has 1 aromatic carbocycles. The van der Waals surface area contributed by atoms with E-state index in [1.165, 1.54) is 0 Å². The standard InChI is InChI=1S/C16H19BrN2O2/c1-10-6-14(20-3)8-13(19-10)9-21-16-5-4-12(17)7-15(16)11(2)18/h4-8,11H,9,18H2,1-3H3/t11-/m0/s1. The average Bonchev–Trinajstić information content (AvgIpc) is 2.45. The Morgan fingerprint density at radius 2 is 2.05 bits per heavy atom. The SMILES string of the molecule is COc1cc(C)nc(COc2ccc(Br)cc2[C@H](C)N)c1. The molecule has 0 unspecified atom stereocenters. The average molecular weight is 351 g/mol. The van der Waals surface area contributed by atoms with Gasteiger partial charge in [0, 0.05) is 33.9 Å². The molecule has 2 rings (SSSR count). The molecule has 4 nitrogen and oxygen atoms in total. The molecule has 0 saturated heterocycles. The van der Waals surface area contributed by atoms with Gasteiger partial charge in [0.15, 0.2) is 0 Å². The minimum absolute atomic E-state index is 0.0995. The second-order valence-electron chi connectivity index (χ2n) is 4.90. The molecule has 0 fully saturated rings. The molecule has 1 heterocycles. The van der Waals surface area contributed by atoms with Gasteiger partial charge in [-0.2, -0.15) is 0 Å². The monoisotopic (exact) mass is 350 g/mol. The summed E-state index contributed by atoms with van der Waals surface area (Å²) in [4.78, 5) is 4.44. The number of hydrogen-bond donors (Lipinski definition) is 1. The molecule has 0 bridgehead atoms. The summed E-state index contributed by atoms with van der Waals surface area (Å²) >= 11 is 3.45. The van der Waals surface area contributed by atoms with Crippen molar-refractivity contribution < 1.29 is 9.47 Å². The maximum absolute atomic E-state index is 5.99. The second-order valence-corrected chi connectivity index (χ2v) is 5.81. The molecule has 21 heavy (non-hydrogen) atoms. The predicted octanol–water partition coefficient (Wildman–Crippen LogP) is 3.76. The third kappa shape index (κ3) is 4.19. The number of hydrogen-bond acceptors (Lipinski definition) is 4. The van der Waals surface area contributed by atoms with Crippen molar-refractivity contribution in [3.05, 3.63) is 51.8 Å². The number of nitrogens with two attached hydrogens (primary N) is 1. The summed E-state index contributed by atoms with van der Waals surface area (Å²) in [6, 6.07) is 9.48. The zero-order chi connectivity index (χ0) is 15.4. The summed E-state index contributed by atoms with van der Waals surface area (Å²) in [5.41, 5.74) is 8.67. The number of benzene rings is 1. The van der Waals surface area contributed by atoms with E-state index < -0.39 is 0 Å². The third-order valence-electron chi connectivity index (χ3n) is 3.05. The van der Waals surface area contributed by atoms with E-state index in [0.717, 1.165) is 32.9 Å². The maximum Gasteiger partial charge on any atom is 0.130 e. The van der Waals surface area contributed by atoms with Gasteiger partial charge in [-0.15, -0.1) is 0 Å². The van der Waals surface area contributed by atoms with E-state index in [9.17, 15) is 0 Å². The molecule has 0 amide bonds. The summed E-state index contributed by atoms with van der Waals surface area (Å²) in [5, 5.41) is 0. The van der Waals surface area contributed by atoms with Crippen LogP contribution >= 0.6 is 15.9 Å². The molecule has 0 aliphatic rings. The van der Waals surface area contributed by atoms with Crippen LogP contribution in [-0.2, 0) is 6.61 Å². The molecule has 2 aromatic rings. The van der Waals surface area contributed by atoms with E-state index in [1.54, 1.807) is 7.11 Å². The highest BCUT2D eigenvalue weighted by atomic mass is 79.9. The van der Waals surface area contributed by atoms with Gasteiger partial charge in [-0.3, -0.25) is 4.98 Å². The van der Waals surface area contributed by atoms with Gasteiger partial charge in [0.25, 0.3) is 0 Å². The van der Waals surface area contributed by atoms with Crippen LogP contribution in [0, 0.1) is 6.92 Å². The Morgan fingerprint density at radius 3 is 2.71 bits per heavy atom. The highest BCUT2D eigenvalue weighted by Crippen LogP contribution is 2.28. The quantitative estimate of drug-likeness (QED) is 0.891. The Balaban J connectivity index is 2.18. The summed E-state index contributed by atoms with van der Waals surface area (Å²) in [7, 11) is 1.64. The summed E-state index contributed by atoms with van der Waals surface area (Å²) in [6.07, 6.45) is 0. The number of aryl methyl sites for hydroxylation is 1. The number of aromatic nitrogens is 1. The van der Waals surface area contributed by atoms with Gasteiger partial charge >= 0.3 is 0 Å². The largest absolute Gasteiger partial charge is 0.497 e. The topological polar surface area (TPSA) is 57.4 Å². The van der Waals surface area contributed by atoms with Gasteiger partial charge in [0.05, 0.1) is 12.8 Å². The minimum atomic E-state index is -0.0995. The van der Waals surface area contributed by atoms with Crippen LogP contribution in [0.5, 0.6) is 11.5 Å². The van der Waals surface area contributed by atoms with E-state index in [2.05, 4.69) is 20.9 Å². The molecule has 1 aromatic heterocycles. The van der Waals surface area contributed by atoms with E-state index in [-0.39, 0.29) is 6.04 Å². The molecule has 0 radical (unpaired) electrons. The van der Waals surface area contributed by atoms with E-state index in [1.807, 2.05) is 44.2 Å². The van der Waals surface area contributed by atoms with E-state index in [0.29, 0.717) is 6.61 Å². The van der Waals surface area contributed by atoms with Crippen molar-refractivity contribution in [3.8, 4) is 11.5 Å². The first-order valence-electron chi connectivity index (χ1n) is 6.69. The first kappa shape index (κ1) is 15.8. The number of ether oxygens (including phenoxy) is 2. The molecule has 1 atom stereocenters. The second kappa shape index (κ2) is 6.91. The number of halogens is 1. The molecule has 0 aliphatic carbocycles. The van der Waals surface area contributed by atoms with Crippen LogP contribution in [-0.4, -0.2) is 12.1 Å². The summed E-state index contributed by atoms with van der Waals surface area (Å²) in [5.74, 6) is 1.56. The fourth-order valence-corrected chi connectivity index (χ4v) is 2.43. The highest BCUT2D eigenvalue weighted by molar-refractivity contribution is 9.10. The lowest BCUT2D eigenvalue weighted by molar-refractivity contribution is 0.295. The lowest BCUT2D eigenvalue weighted by Crippen LogP contribution is -2.09. The van der Waals surface area contributed by atoms with Crippen molar-refractivity contribution in [2.75, 3.05) is 7.11 Å². The third-order valence-corrected chi connectivity index (χ3v) is 3.55.